The summed E-state index contributed by atoms with van der Waals surface area (Å²) >= 11 is 0. The highest BCUT2D eigenvalue weighted by molar-refractivity contribution is 5.73. The van der Waals surface area contributed by atoms with E-state index in [2.05, 4.69) is 6.92 Å². The molecule has 2 aromatic carbocycles. The van der Waals surface area contributed by atoms with Gasteiger partial charge in [-0.1, -0.05) is 43.2 Å². The van der Waals surface area contributed by atoms with Crippen LogP contribution in [0.25, 0.3) is 0 Å². The minimum Gasteiger partial charge on any atom is -0.482 e. The molecule has 21 heavy (non-hydrogen) atoms. The third-order valence-corrected chi connectivity index (χ3v) is 3.07. The highest BCUT2D eigenvalue weighted by Gasteiger charge is 2.06. The quantitative estimate of drug-likeness (QED) is 0.595. The van der Waals surface area contributed by atoms with Crippen molar-refractivity contribution in [2.24, 2.45) is 0 Å². The van der Waals surface area contributed by atoms with Gasteiger partial charge in [0.1, 0.15) is 11.5 Å². The number of carbonyl (C=O) groups is 1. The number of hydrogen-bond donors (Lipinski definition) is 0. The Kier molecular flexibility index (Phi) is 5.38. The van der Waals surface area contributed by atoms with E-state index in [-0.39, 0.29) is 6.61 Å². The van der Waals surface area contributed by atoms with E-state index in [9.17, 15) is 4.79 Å². The van der Waals surface area contributed by atoms with Crippen LogP contribution in [0.15, 0.2) is 48.5 Å². The molecule has 0 bridgehead atoms. The third kappa shape index (κ3) is 4.95. The lowest BCUT2D eigenvalue weighted by Crippen LogP contribution is -2.17. The maximum absolute atomic E-state index is 11.7. The Balaban J connectivity index is 1.82. The molecule has 0 aliphatic carbocycles. The Morgan fingerprint density at radius 2 is 1.57 bits per heavy atom. The van der Waals surface area contributed by atoms with Gasteiger partial charge in [-0.25, -0.2) is 4.79 Å². The molecule has 0 aliphatic heterocycles. The van der Waals surface area contributed by atoms with Crippen molar-refractivity contribution in [1.29, 1.82) is 0 Å². The van der Waals surface area contributed by atoms with Crippen LogP contribution in [0.4, 0.5) is 0 Å². The van der Waals surface area contributed by atoms with E-state index in [1.165, 1.54) is 5.56 Å². The van der Waals surface area contributed by atoms with Crippen molar-refractivity contribution >= 4 is 5.97 Å². The Morgan fingerprint density at radius 3 is 2.19 bits per heavy atom. The van der Waals surface area contributed by atoms with Crippen LogP contribution in [0.3, 0.4) is 0 Å². The van der Waals surface area contributed by atoms with Crippen LogP contribution in [-0.2, 0) is 11.2 Å². The highest BCUT2D eigenvalue weighted by atomic mass is 16.6. The van der Waals surface area contributed by atoms with Gasteiger partial charge in [0.15, 0.2) is 6.61 Å². The van der Waals surface area contributed by atoms with E-state index in [1.54, 1.807) is 0 Å². The second-order valence-electron chi connectivity index (χ2n) is 4.97. The first kappa shape index (κ1) is 15.1. The molecule has 110 valence electrons. The summed E-state index contributed by atoms with van der Waals surface area (Å²) in [5.41, 5.74) is 2.39. The van der Waals surface area contributed by atoms with E-state index in [4.69, 9.17) is 9.47 Å². The first-order chi connectivity index (χ1) is 10.2. The lowest BCUT2D eigenvalue weighted by atomic mass is 10.1. The summed E-state index contributed by atoms with van der Waals surface area (Å²) in [5, 5.41) is 0. The first-order valence-corrected chi connectivity index (χ1v) is 7.16. The molecule has 0 spiro atoms. The van der Waals surface area contributed by atoms with E-state index in [0.717, 1.165) is 18.4 Å². The average molecular weight is 284 g/mol. The third-order valence-electron chi connectivity index (χ3n) is 3.07. The van der Waals surface area contributed by atoms with E-state index in [0.29, 0.717) is 11.5 Å². The van der Waals surface area contributed by atoms with Crippen molar-refractivity contribution < 1.29 is 14.3 Å². The first-order valence-electron chi connectivity index (χ1n) is 7.16. The summed E-state index contributed by atoms with van der Waals surface area (Å²) in [6.07, 6.45) is 2.13. The highest BCUT2D eigenvalue weighted by Crippen LogP contribution is 2.14. The summed E-state index contributed by atoms with van der Waals surface area (Å²) in [7, 11) is 0. The second kappa shape index (κ2) is 7.48. The molecular formula is C18H20O3. The average Bonchev–Trinajstić information content (AvgIpc) is 2.49. The van der Waals surface area contributed by atoms with Crippen molar-refractivity contribution in [3.05, 3.63) is 59.7 Å². The predicted octanol–water partition coefficient (Wildman–Crippen LogP) is 3.93. The fourth-order valence-electron chi connectivity index (χ4n) is 1.95. The van der Waals surface area contributed by atoms with Gasteiger partial charge in [-0.05, 0) is 43.2 Å². The molecule has 3 heteroatoms. The maximum Gasteiger partial charge on any atom is 0.349 e. The van der Waals surface area contributed by atoms with Crippen LogP contribution in [0.2, 0.25) is 0 Å². The SMILES string of the molecule is CCCc1ccc(OC(=O)COc2ccc(C)cc2)cc1. The molecule has 0 saturated heterocycles. The van der Waals surface area contributed by atoms with Crippen LogP contribution in [-0.4, -0.2) is 12.6 Å². The Bertz CT molecular complexity index is 570. The van der Waals surface area contributed by atoms with Crippen LogP contribution < -0.4 is 9.47 Å². The van der Waals surface area contributed by atoms with Crippen LogP contribution in [0.5, 0.6) is 11.5 Å². The Morgan fingerprint density at radius 1 is 0.952 bits per heavy atom. The van der Waals surface area contributed by atoms with Crippen molar-refractivity contribution in [3.8, 4) is 11.5 Å². The monoisotopic (exact) mass is 284 g/mol. The van der Waals surface area contributed by atoms with Gasteiger partial charge in [0.2, 0.25) is 0 Å². The predicted molar refractivity (Wildman–Crippen MR) is 82.7 cm³/mol. The lowest BCUT2D eigenvalue weighted by molar-refractivity contribution is -0.136. The molecular weight excluding hydrogens is 264 g/mol. The molecule has 0 atom stereocenters. The van der Waals surface area contributed by atoms with Crippen molar-refractivity contribution in [2.75, 3.05) is 6.61 Å². The summed E-state index contributed by atoms with van der Waals surface area (Å²) in [6.45, 7) is 4.04. The van der Waals surface area contributed by atoms with Gasteiger partial charge in [0.05, 0.1) is 0 Å². The molecule has 2 rings (SSSR count). The zero-order chi connectivity index (χ0) is 15.1. The molecule has 0 amide bonds. The summed E-state index contributed by atoms with van der Waals surface area (Å²) in [6, 6.07) is 15.1. The number of rotatable bonds is 6. The van der Waals surface area contributed by atoms with Gasteiger partial charge < -0.3 is 9.47 Å². The number of benzene rings is 2. The molecule has 0 fully saturated rings. The normalized spacial score (nSPS) is 10.2. The topological polar surface area (TPSA) is 35.5 Å². The zero-order valence-electron chi connectivity index (χ0n) is 12.5. The lowest BCUT2D eigenvalue weighted by Gasteiger charge is -2.07. The van der Waals surface area contributed by atoms with E-state index >= 15 is 0 Å². The van der Waals surface area contributed by atoms with Crippen LogP contribution >= 0.6 is 0 Å². The minimum absolute atomic E-state index is 0.0974. The van der Waals surface area contributed by atoms with E-state index < -0.39 is 5.97 Å². The molecule has 0 radical (unpaired) electrons. The fraction of sp³-hybridized carbons (Fsp3) is 0.278. The molecule has 0 aromatic heterocycles. The number of esters is 1. The molecule has 2 aromatic rings. The van der Waals surface area contributed by atoms with Gasteiger partial charge in [-0.3, -0.25) is 0 Å². The van der Waals surface area contributed by atoms with Gasteiger partial charge in [-0.15, -0.1) is 0 Å². The van der Waals surface area contributed by atoms with Gasteiger partial charge in [0.25, 0.3) is 0 Å². The van der Waals surface area contributed by atoms with Crippen LogP contribution in [0.1, 0.15) is 24.5 Å². The van der Waals surface area contributed by atoms with Crippen LogP contribution in [0, 0.1) is 6.92 Å². The molecule has 0 aliphatic rings. The summed E-state index contributed by atoms with van der Waals surface area (Å²) < 4.78 is 10.6. The minimum atomic E-state index is -0.404. The van der Waals surface area contributed by atoms with Gasteiger partial charge in [-0.2, -0.15) is 0 Å². The molecule has 0 heterocycles. The standard InChI is InChI=1S/C18H20O3/c1-3-4-15-7-11-17(12-8-15)21-18(19)13-20-16-9-5-14(2)6-10-16/h5-12H,3-4,13H2,1-2H3. The fourth-order valence-corrected chi connectivity index (χ4v) is 1.95. The van der Waals surface area contributed by atoms with Crippen molar-refractivity contribution in [3.63, 3.8) is 0 Å². The number of aryl methyl sites for hydroxylation is 2. The molecule has 0 saturated carbocycles. The maximum atomic E-state index is 11.7. The van der Waals surface area contributed by atoms with Gasteiger partial charge in [0, 0.05) is 0 Å². The van der Waals surface area contributed by atoms with Crippen molar-refractivity contribution in [2.45, 2.75) is 26.7 Å². The number of hydrogen-bond acceptors (Lipinski definition) is 3. The van der Waals surface area contributed by atoms with Crippen molar-refractivity contribution in [1.82, 2.24) is 0 Å². The number of ether oxygens (including phenoxy) is 2. The smallest absolute Gasteiger partial charge is 0.349 e. The molecule has 0 unspecified atom stereocenters. The Labute approximate surface area is 125 Å². The molecule has 3 nitrogen and oxygen atoms in total. The molecule has 0 N–H and O–H groups in total. The zero-order valence-corrected chi connectivity index (χ0v) is 12.5. The summed E-state index contributed by atoms with van der Waals surface area (Å²) in [5.74, 6) is 0.807. The van der Waals surface area contributed by atoms with Gasteiger partial charge >= 0.3 is 5.97 Å². The van der Waals surface area contributed by atoms with E-state index in [1.807, 2.05) is 55.5 Å². The number of carbonyl (C=O) groups excluding carboxylic acids is 1. The largest absolute Gasteiger partial charge is 0.482 e. The second-order valence-corrected chi connectivity index (χ2v) is 4.97. The summed E-state index contributed by atoms with van der Waals surface area (Å²) in [4.78, 5) is 11.7. The Hall–Kier alpha value is -2.29.